The number of hydrogen-bond donors (Lipinski definition) is 1. The molecule has 5 heteroatoms. The summed E-state index contributed by atoms with van der Waals surface area (Å²) in [6.07, 6.45) is 1.54. The highest BCUT2D eigenvalue weighted by Crippen LogP contribution is 2.22. The van der Waals surface area contributed by atoms with E-state index in [0.29, 0.717) is 24.5 Å². The molecule has 0 radical (unpaired) electrons. The van der Waals surface area contributed by atoms with Crippen molar-refractivity contribution in [3.05, 3.63) is 24.0 Å². The van der Waals surface area contributed by atoms with Crippen LogP contribution in [0.1, 0.15) is 31.3 Å². The van der Waals surface area contributed by atoms with E-state index in [4.69, 9.17) is 10.5 Å². The zero-order valence-corrected chi connectivity index (χ0v) is 11.0. The Morgan fingerprint density at radius 3 is 2.83 bits per heavy atom. The smallest absolute Gasteiger partial charge is 0.272 e. The maximum absolute atomic E-state index is 12.3. The Morgan fingerprint density at radius 1 is 1.56 bits per heavy atom. The summed E-state index contributed by atoms with van der Waals surface area (Å²) in [5.74, 6) is -0.0711. The zero-order chi connectivity index (χ0) is 13.3. The van der Waals surface area contributed by atoms with Crippen LogP contribution in [0.4, 0.5) is 5.69 Å². The number of ether oxygens (including phenoxy) is 1. The molecule has 1 aliphatic heterocycles. The summed E-state index contributed by atoms with van der Waals surface area (Å²) in [7, 11) is 0. The van der Waals surface area contributed by atoms with Crippen LogP contribution >= 0.6 is 0 Å². The summed E-state index contributed by atoms with van der Waals surface area (Å²) in [5, 5.41) is 0. The first-order valence-electron chi connectivity index (χ1n) is 6.06. The van der Waals surface area contributed by atoms with Gasteiger partial charge in [0.2, 0.25) is 0 Å². The van der Waals surface area contributed by atoms with Gasteiger partial charge in [-0.2, -0.15) is 0 Å². The molecule has 5 nitrogen and oxygen atoms in total. The topological polar surface area (TPSA) is 68.5 Å². The number of nitrogen functional groups attached to an aromatic ring is 1. The summed E-state index contributed by atoms with van der Waals surface area (Å²) in [6, 6.07) is 3.35. The van der Waals surface area contributed by atoms with Crippen LogP contribution in [0.5, 0.6) is 0 Å². The fourth-order valence-electron chi connectivity index (χ4n) is 2.30. The van der Waals surface area contributed by atoms with Gasteiger partial charge in [0.1, 0.15) is 5.69 Å². The van der Waals surface area contributed by atoms with Gasteiger partial charge in [-0.25, -0.2) is 4.98 Å². The number of aromatic nitrogens is 1. The van der Waals surface area contributed by atoms with Crippen molar-refractivity contribution in [2.45, 2.75) is 32.5 Å². The number of nitrogens with two attached hydrogens (primary N) is 1. The van der Waals surface area contributed by atoms with E-state index in [-0.39, 0.29) is 17.6 Å². The summed E-state index contributed by atoms with van der Waals surface area (Å²) in [6.45, 7) is 7.10. The maximum atomic E-state index is 12.3. The van der Waals surface area contributed by atoms with E-state index in [9.17, 15) is 4.79 Å². The predicted octanol–water partition coefficient (Wildman–Crippen LogP) is 1.30. The van der Waals surface area contributed by atoms with E-state index in [1.165, 1.54) is 6.20 Å². The standard InChI is InChI=1S/C13H19N3O2/c1-9-7-16(8-13(2,3)18-9)12(17)11-5-4-10(14)6-15-11/h4-6,9H,7-8,14H2,1-3H3. The van der Waals surface area contributed by atoms with Gasteiger partial charge in [0.05, 0.1) is 23.6 Å². The summed E-state index contributed by atoms with van der Waals surface area (Å²) in [5.41, 5.74) is 6.23. The van der Waals surface area contributed by atoms with Crippen molar-refractivity contribution in [2.24, 2.45) is 0 Å². The average Bonchev–Trinajstić information content (AvgIpc) is 2.26. The van der Waals surface area contributed by atoms with Crippen molar-refractivity contribution in [2.75, 3.05) is 18.8 Å². The molecule has 18 heavy (non-hydrogen) atoms. The molecule has 1 amide bonds. The number of anilines is 1. The van der Waals surface area contributed by atoms with Gasteiger partial charge < -0.3 is 15.4 Å². The van der Waals surface area contributed by atoms with Gasteiger partial charge in [-0.1, -0.05) is 0 Å². The quantitative estimate of drug-likeness (QED) is 0.814. The summed E-state index contributed by atoms with van der Waals surface area (Å²) < 4.78 is 5.77. The SMILES string of the molecule is CC1CN(C(=O)c2ccc(N)cn2)CC(C)(C)O1. The Kier molecular flexibility index (Phi) is 3.26. The molecule has 1 saturated heterocycles. The molecule has 0 aromatic carbocycles. The van der Waals surface area contributed by atoms with Crippen LogP contribution in [0.15, 0.2) is 18.3 Å². The molecule has 98 valence electrons. The zero-order valence-electron chi connectivity index (χ0n) is 11.0. The lowest BCUT2D eigenvalue weighted by Crippen LogP contribution is -2.53. The molecular weight excluding hydrogens is 230 g/mol. The number of carbonyl (C=O) groups excluding carboxylic acids is 1. The highest BCUT2D eigenvalue weighted by molar-refractivity contribution is 5.92. The van der Waals surface area contributed by atoms with Gasteiger partial charge in [-0.05, 0) is 32.9 Å². The first-order chi connectivity index (χ1) is 8.37. The molecule has 0 aliphatic carbocycles. The second kappa shape index (κ2) is 4.57. The van der Waals surface area contributed by atoms with Gasteiger partial charge in [0, 0.05) is 13.1 Å². The van der Waals surface area contributed by atoms with Crippen molar-refractivity contribution in [1.82, 2.24) is 9.88 Å². The van der Waals surface area contributed by atoms with Crippen molar-refractivity contribution in [1.29, 1.82) is 0 Å². The second-order valence-corrected chi connectivity index (χ2v) is 5.35. The molecule has 1 fully saturated rings. The molecule has 1 aromatic heterocycles. The van der Waals surface area contributed by atoms with Crippen LogP contribution in [0.3, 0.4) is 0 Å². The van der Waals surface area contributed by atoms with Crippen LogP contribution in [-0.4, -0.2) is 40.6 Å². The minimum absolute atomic E-state index is 0.0338. The molecule has 1 aliphatic rings. The van der Waals surface area contributed by atoms with Gasteiger partial charge in [-0.3, -0.25) is 4.79 Å². The van der Waals surface area contributed by atoms with Gasteiger partial charge in [0.15, 0.2) is 0 Å². The average molecular weight is 249 g/mol. The van der Waals surface area contributed by atoms with Crippen LogP contribution in [0.2, 0.25) is 0 Å². The van der Waals surface area contributed by atoms with Crippen molar-refractivity contribution in [3.8, 4) is 0 Å². The summed E-state index contributed by atoms with van der Waals surface area (Å²) in [4.78, 5) is 18.2. The monoisotopic (exact) mass is 249 g/mol. The number of rotatable bonds is 1. The van der Waals surface area contributed by atoms with Crippen LogP contribution in [-0.2, 0) is 4.74 Å². The largest absolute Gasteiger partial charge is 0.397 e. The molecule has 0 spiro atoms. The van der Waals surface area contributed by atoms with Crippen LogP contribution < -0.4 is 5.73 Å². The Hall–Kier alpha value is -1.62. The minimum Gasteiger partial charge on any atom is -0.397 e. The normalized spacial score (nSPS) is 22.8. The Morgan fingerprint density at radius 2 is 2.28 bits per heavy atom. The third kappa shape index (κ3) is 2.79. The Balaban J connectivity index is 2.16. The van der Waals surface area contributed by atoms with Gasteiger partial charge in [0.25, 0.3) is 5.91 Å². The highest BCUT2D eigenvalue weighted by atomic mass is 16.5. The van der Waals surface area contributed by atoms with Crippen LogP contribution in [0.25, 0.3) is 0 Å². The van der Waals surface area contributed by atoms with E-state index in [1.807, 2.05) is 20.8 Å². The lowest BCUT2D eigenvalue weighted by atomic mass is 10.1. The molecule has 1 aromatic rings. The van der Waals surface area contributed by atoms with Crippen molar-refractivity contribution >= 4 is 11.6 Å². The van der Waals surface area contributed by atoms with E-state index in [2.05, 4.69) is 4.98 Å². The third-order valence-corrected chi connectivity index (χ3v) is 2.86. The Labute approximate surface area is 107 Å². The fourth-order valence-corrected chi connectivity index (χ4v) is 2.30. The number of carbonyl (C=O) groups is 1. The molecule has 2 rings (SSSR count). The number of hydrogen-bond acceptors (Lipinski definition) is 4. The lowest BCUT2D eigenvalue weighted by molar-refractivity contribution is -0.118. The van der Waals surface area contributed by atoms with E-state index in [1.54, 1.807) is 17.0 Å². The molecule has 1 unspecified atom stereocenters. The van der Waals surface area contributed by atoms with Crippen molar-refractivity contribution < 1.29 is 9.53 Å². The van der Waals surface area contributed by atoms with Gasteiger partial charge >= 0.3 is 0 Å². The summed E-state index contributed by atoms with van der Waals surface area (Å²) >= 11 is 0. The van der Waals surface area contributed by atoms with Gasteiger partial charge in [-0.15, -0.1) is 0 Å². The number of morpholine rings is 1. The second-order valence-electron chi connectivity index (χ2n) is 5.35. The Bertz CT molecular complexity index is 442. The lowest BCUT2D eigenvalue weighted by Gasteiger charge is -2.41. The fraction of sp³-hybridized carbons (Fsp3) is 0.538. The van der Waals surface area contributed by atoms with E-state index >= 15 is 0 Å². The highest BCUT2D eigenvalue weighted by Gasteiger charge is 2.34. The first kappa shape index (κ1) is 12.8. The number of amides is 1. The third-order valence-electron chi connectivity index (χ3n) is 2.86. The molecule has 0 saturated carbocycles. The predicted molar refractivity (Wildman–Crippen MR) is 69.2 cm³/mol. The molecule has 2 heterocycles. The number of pyridine rings is 1. The first-order valence-corrected chi connectivity index (χ1v) is 6.06. The molecule has 2 N–H and O–H groups in total. The molecular formula is C13H19N3O2. The molecule has 0 bridgehead atoms. The van der Waals surface area contributed by atoms with Crippen LogP contribution in [0, 0.1) is 0 Å². The number of nitrogens with zero attached hydrogens (tertiary/aromatic N) is 2. The molecule has 1 atom stereocenters. The van der Waals surface area contributed by atoms with E-state index < -0.39 is 0 Å². The minimum atomic E-state index is -0.318. The van der Waals surface area contributed by atoms with Crippen molar-refractivity contribution in [3.63, 3.8) is 0 Å². The maximum Gasteiger partial charge on any atom is 0.272 e. The van der Waals surface area contributed by atoms with E-state index in [0.717, 1.165) is 0 Å².